The first kappa shape index (κ1) is 22.6. The molecule has 1 aliphatic rings. The number of benzene rings is 1. The number of nitrogens with one attached hydrogen (secondary N) is 2. The molecule has 1 amide bonds. The third-order valence-electron chi connectivity index (χ3n) is 5.51. The van der Waals surface area contributed by atoms with Gasteiger partial charge >= 0.3 is 0 Å². The first-order valence-corrected chi connectivity index (χ1v) is 13.1. The number of aromatic nitrogens is 3. The van der Waals surface area contributed by atoms with Crippen molar-refractivity contribution in [1.82, 2.24) is 19.5 Å². The molecule has 4 rings (SSSR count). The fourth-order valence-corrected chi connectivity index (χ4v) is 6.11. The number of sulfonamides is 1. The predicted molar refractivity (Wildman–Crippen MR) is 125 cm³/mol. The van der Waals surface area contributed by atoms with E-state index in [1.807, 2.05) is 12.1 Å². The molecule has 0 aliphatic carbocycles. The summed E-state index contributed by atoms with van der Waals surface area (Å²) in [5.74, 6) is 1.23. The highest BCUT2D eigenvalue weighted by molar-refractivity contribution is 7.91. The summed E-state index contributed by atoms with van der Waals surface area (Å²) in [4.78, 5) is 12.9. The molecule has 0 spiro atoms. The number of hydrogen-bond donors (Lipinski definition) is 2. The van der Waals surface area contributed by atoms with E-state index in [-0.39, 0.29) is 10.1 Å². The third kappa shape index (κ3) is 4.92. The van der Waals surface area contributed by atoms with Gasteiger partial charge in [0.1, 0.15) is 16.1 Å². The van der Waals surface area contributed by atoms with Gasteiger partial charge in [0.2, 0.25) is 5.91 Å². The fourth-order valence-electron chi connectivity index (χ4n) is 3.76. The predicted octanol–water partition coefficient (Wildman–Crippen LogP) is 3.67. The Kier molecular flexibility index (Phi) is 6.73. The molecule has 2 aromatic heterocycles. The highest BCUT2D eigenvalue weighted by Crippen LogP contribution is 2.24. The van der Waals surface area contributed by atoms with Gasteiger partial charge in [-0.15, -0.1) is 21.5 Å². The van der Waals surface area contributed by atoms with Gasteiger partial charge in [-0.3, -0.25) is 4.79 Å². The third-order valence-corrected chi connectivity index (χ3v) is 8.35. The molecule has 0 fully saturated rings. The number of nitrogens with zero attached hydrogens (tertiary/aromatic N) is 3. The molecule has 0 bridgehead atoms. The van der Waals surface area contributed by atoms with Crippen LogP contribution in [0.15, 0.2) is 46.0 Å². The van der Waals surface area contributed by atoms with Crippen molar-refractivity contribution in [2.45, 2.75) is 56.3 Å². The van der Waals surface area contributed by atoms with E-state index in [0.29, 0.717) is 5.69 Å². The van der Waals surface area contributed by atoms with E-state index in [9.17, 15) is 13.2 Å². The summed E-state index contributed by atoms with van der Waals surface area (Å²) in [6, 6.07) is 9.70. The van der Waals surface area contributed by atoms with Gasteiger partial charge < -0.3 is 9.88 Å². The van der Waals surface area contributed by atoms with Crippen molar-refractivity contribution in [3.8, 4) is 11.4 Å². The van der Waals surface area contributed by atoms with E-state index in [4.69, 9.17) is 0 Å². The molecule has 0 unspecified atom stereocenters. The largest absolute Gasteiger partial charge is 0.325 e. The van der Waals surface area contributed by atoms with Crippen LogP contribution in [-0.4, -0.2) is 35.1 Å². The van der Waals surface area contributed by atoms with Gasteiger partial charge in [0, 0.05) is 24.2 Å². The number of carbonyl (C=O) groups excluding carboxylic acids is 1. The van der Waals surface area contributed by atoms with Gasteiger partial charge in [0.05, 0.1) is 0 Å². The van der Waals surface area contributed by atoms with Crippen LogP contribution < -0.4 is 10.0 Å². The molecule has 3 heterocycles. The molecule has 0 saturated carbocycles. The molecule has 1 aromatic carbocycles. The lowest BCUT2D eigenvalue weighted by Gasteiger charge is -2.21. The maximum atomic E-state index is 12.9. The molecule has 1 aliphatic heterocycles. The van der Waals surface area contributed by atoms with Crippen LogP contribution in [0.4, 0.5) is 5.69 Å². The van der Waals surface area contributed by atoms with Crippen molar-refractivity contribution in [2.24, 2.45) is 5.92 Å². The van der Waals surface area contributed by atoms with Gasteiger partial charge in [-0.1, -0.05) is 26.3 Å². The average Bonchev–Trinajstić information content (AvgIpc) is 3.39. The number of carbonyl (C=O) groups is 1. The highest BCUT2D eigenvalue weighted by Gasteiger charge is 2.29. The minimum atomic E-state index is -3.76. The van der Waals surface area contributed by atoms with Crippen LogP contribution in [0, 0.1) is 5.92 Å². The van der Waals surface area contributed by atoms with Crippen molar-refractivity contribution in [2.75, 3.05) is 5.32 Å². The van der Waals surface area contributed by atoms with Gasteiger partial charge in [0.25, 0.3) is 10.0 Å². The van der Waals surface area contributed by atoms with Crippen LogP contribution >= 0.6 is 11.3 Å². The Hall–Kier alpha value is -2.56. The number of amides is 1. The minimum absolute atomic E-state index is 0.188. The summed E-state index contributed by atoms with van der Waals surface area (Å²) in [6.07, 6.45) is 4.39. The highest BCUT2D eigenvalue weighted by atomic mass is 32.2. The molecule has 8 nitrogen and oxygen atoms in total. The summed E-state index contributed by atoms with van der Waals surface area (Å²) in [7, 11) is -3.76. The molecule has 3 aromatic rings. The second kappa shape index (κ2) is 9.51. The van der Waals surface area contributed by atoms with Gasteiger partial charge in [-0.05, 0) is 54.5 Å². The zero-order chi connectivity index (χ0) is 22.7. The molecule has 32 heavy (non-hydrogen) atoms. The van der Waals surface area contributed by atoms with E-state index < -0.39 is 22.0 Å². The number of hydrogen-bond acceptors (Lipinski definition) is 6. The average molecular weight is 474 g/mol. The molecule has 170 valence electrons. The van der Waals surface area contributed by atoms with E-state index in [1.165, 1.54) is 12.5 Å². The van der Waals surface area contributed by atoms with Gasteiger partial charge in [-0.2, -0.15) is 4.72 Å². The molecule has 0 saturated heterocycles. The molecule has 2 N–H and O–H groups in total. The first-order chi connectivity index (χ1) is 15.3. The second-order valence-electron chi connectivity index (χ2n) is 8.24. The number of anilines is 1. The van der Waals surface area contributed by atoms with Crippen molar-refractivity contribution < 1.29 is 13.2 Å². The van der Waals surface area contributed by atoms with Crippen LogP contribution in [0.2, 0.25) is 0 Å². The van der Waals surface area contributed by atoms with Crippen LogP contribution in [0.3, 0.4) is 0 Å². The van der Waals surface area contributed by atoms with Crippen molar-refractivity contribution in [3.63, 3.8) is 0 Å². The number of thiophene rings is 1. The minimum Gasteiger partial charge on any atom is -0.325 e. The summed E-state index contributed by atoms with van der Waals surface area (Å²) in [6.45, 7) is 4.53. The number of fused-ring (bicyclic) bond motifs is 1. The second-order valence-corrected chi connectivity index (χ2v) is 11.1. The monoisotopic (exact) mass is 473 g/mol. The standard InChI is InChI=1S/C22H27N5O3S2/c1-15(2)20(26-32(29,30)19-8-6-14-31-19)22(28)23-17-11-9-16(10-12-17)21-25-24-18-7-4-3-5-13-27(18)21/h6,8-12,14-15,20,26H,3-5,7,13H2,1-2H3,(H,23,28)/t20-/m1/s1. The van der Waals surface area contributed by atoms with Crippen molar-refractivity contribution >= 4 is 33.0 Å². The Morgan fingerprint density at radius 2 is 1.88 bits per heavy atom. The quantitative estimate of drug-likeness (QED) is 0.545. The van der Waals surface area contributed by atoms with Crippen LogP contribution in [0.5, 0.6) is 0 Å². The van der Waals surface area contributed by atoms with Crippen molar-refractivity contribution in [3.05, 3.63) is 47.6 Å². The molecule has 0 radical (unpaired) electrons. The summed E-state index contributed by atoms with van der Waals surface area (Å²) in [5, 5.41) is 13.2. The Morgan fingerprint density at radius 1 is 1.09 bits per heavy atom. The van der Waals surface area contributed by atoms with Crippen LogP contribution in [0.25, 0.3) is 11.4 Å². The number of rotatable bonds is 7. The molecule has 10 heteroatoms. The van der Waals surface area contributed by atoms with Crippen LogP contribution in [-0.2, 0) is 27.8 Å². The molecular weight excluding hydrogens is 446 g/mol. The Balaban J connectivity index is 1.48. The van der Waals surface area contributed by atoms with E-state index in [2.05, 4.69) is 24.8 Å². The summed E-state index contributed by atoms with van der Waals surface area (Å²) >= 11 is 1.12. The maximum absolute atomic E-state index is 12.9. The van der Waals surface area contributed by atoms with Gasteiger partial charge in [0.15, 0.2) is 5.82 Å². The van der Waals surface area contributed by atoms with E-state index in [1.54, 1.807) is 37.4 Å². The maximum Gasteiger partial charge on any atom is 0.250 e. The zero-order valence-corrected chi connectivity index (χ0v) is 19.7. The lowest BCUT2D eigenvalue weighted by molar-refractivity contribution is -0.118. The zero-order valence-electron chi connectivity index (χ0n) is 18.1. The smallest absolute Gasteiger partial charge is 0.250 e. The summed E-state index contributed by atoms with van der Waals surface area (Å²) < 4.78 is 30.1. The number of aryl methyl sites for hydroxylation is 1. The fraction of sp³-hybridized carbons (Fsp3) is 0.409. The Morgan fingerprint density at radius 3 is 2.56 bits per heavy atom. The lowest BCUT2D eigenvalue weighted by Crippen LogP contribution is -2.46. The molecular formula is C22H27N5O3S2. The normalized spacial score (nSPS) is 15.2. The first-order valence-electron chi connectivity index (χ1n) is 10.7. The Labute approximate surface area is 192 Å². The lowest BCUT2D eigenvalue weighted by atomic mass is 10.0. The topological polar surface area (TPSA) is 106 Å². The van der Waals surface area contributed by atoms with E-state index in [0.717, 1.165) is 54.4 Å². The SMILES string of the molecule is CC(C)[C@@H](NS(=O)(=O)c1cccs1)C(=O)Nc1ccc(-c2nnc3n2CCCCC3)cc1. The van der Waals surface area contributed by atoms with Gasteiger partial charge in [-0.25, -0.2) is 8.42 Å². The molecule has 1 atom stereocenters. The van der Waals surface area contributed by atoms with E-state index >= 15 is 0 Å². The summed E-state index contributed by atoms with van der Waals surface area (Å²) in [5.41, 5.74) is 1.53. The Bertz CT molecular complexity index is 1170. The van der Waals surface area contributed by atoms with Crippen LogP contribution in [0.1, 0.15) is 38.9 Å². The van der Waals surface area contributed by atoms with Crippen molar-refractivity contribution in [1.29, 1.82) is 0 Å².